The maximum absolute atomic E-state index is 12.6. The molecule has 1 aromatic carbocycles. The number of hydrogen-bond acceptors (Lipinski definition) is 6. The molecule has 148 valence electrons. The van der Waals surface area contributed by atoms with Crippen LogP contribution >= 0.6 is 0 Å². The summed E-state index contributed by atoms with van der Waals surface area (Å²) >= 11 is 0. The van der Waals surface area contributed by atoms with Crippen molar-refractivity contribution in [2.24, 2.45) is 0 Å². The molecule has 0 spiro atoms. The molecule has 3 aromatic rings. The molecule has 8 nitrogen and oxygen atoms in total. The minimum atomic E-state index is -0.211. The Bertz CT molecular complexity index is 1000. The molecular weight excluding hydrogens is 370 g/mol. The number of benzene rings is 1. The number of pyridine rings is 1. The number of carbonyl (C=O) groups is 1. The number of amides is 1. The Hall–Kier alpha value is -3.10. The molecule has 2 fully saturated rings. The normalized spacial score (nSPS) is 25.7. The predicted octanol–water partition coefficient (Wildman–Crippen LogP) is 1.79. The summed E-state index contributed by atoms with van der Waals surface area (Å²) in [6.45, 7) is 2.86. The Morgan fingerprint density at radius 1 is 1.07 bits per heavy atom. The van der Waals surface area contributed by atoms with E-state index in [0.717, 1.165) is 11.3 Å². The van der Waals surface area contributed by atoms with Gasteiger partial charge in [-0.2, -0.15) is 0 Å². The molecule has 8 heteroatoms. The number of nitrogens with zero attached hydrogens (tertiary/aromatic N) is 4. The molecule has 0 unspecified atom stereocenters. The van der Waals surface area contributed by atoms with Crippen LogP contribution in [0, 0.1) is 6.92 Å². The van der Waals surface area contributed by atoms with E-state index in [1.165, 1.54) is 0 Å². The molecule has 5 rings (SSSR count). The van der Waals surface area contributed by atoms with Crippen LogP contribution in [-0.4, -0.2) is 57.3 Å². The number of aromatic nitrogens is 4. The first-order chi connectivity index (χ1) is 14.2. The zero-order chi connectivity index (χ0) is 19.8. The number of aryl methyl sites for hydroxylation is 1. The van der Waals surface area contributed by atoms with Crippen molar-refractivity contribution < 1.29 is 14.3 Å². The van der Waals surface area contributed by atoms with Gasteiger partial charge in [-0.05, 0) is 31.2 Å². The van der Waals surface area contributed by atoms with Gasteiger partial charge in [0.2, 0.25) is 0 Å². The van der Waals surface area contributed by atoms with E-state index in [1.807, 2.05) is 55.6 Å². The van der Waals surface area contributed by atoms with E-state index < -0.39 is 0 Å². The van der Waals surface area contributed by atoms with Gasteiger partial charge in [-0.3, -0.25) is 9.78 Å². The van der Waals surface area contributed by atoms with Crippen LogP contribution in [0.1, 0.15) is 22.0 Å². The SMILES string of the molecule is Cc1ccc(C(=O)N[C@@H]2CO[C@@H]3[C@@H]2OC[C@@H]3n2cc(-c3ccccn3)nn2)cc1. The topological polar surface area (TPSA) is 91.2 Å². The van der Waals surface area contributed by atoms with Crippen LogP contribution in [-0.2, 0) is 9.47 Å². The van der Waals surface area contributed by atoms with Crippen molar-refractivity contribution >= 4 is 5.91 Å². The van der Waals surface area contributed by atoms with Crippen molar-refractivity contribution in [2.45, 2.75) is 31.2 Å². The molecule has 4 heterocycles. The largest absolute Gasteiger partial charge is 0.371 e. The molecule has 2 aliphatic heterocycles. The highest BCUT2D eigenvalue weighted by atomic mass is 16.6. The summed E-state index contributed by atoms with van der Waals surface area (Å²) in [5, 5.41) is 11.5. The molecule has 29 heavy (non-hydrogen) atoms. The average molecular weight is 391 g/mol. The van der Waals surface area contributed by atoms with Crippen LogP contribution in [0.5, 0.6) is 0 Å². The van der Waals surface area contributed by atoms with Gasteiger partial charge in [0.1, 0.15) is 23.9 Å². The van der Waals surface area contributed by atoms with Crippen molar-refractivity contribution in [3.05, 3.63) is 66.0 Å². The van der Waals surface area contributed by atoms with E-state index in [0.29, 0.717) is 24.5 Å². The van der Waals surface area contributed by atoms with Crippen molar-refractivity contribution in [3.63, 3.8) is 0 Å². The monoisotopic (exact) mass is 391 g/mol. The molecule has 0 saturated carbocycles. The summed E-state index contributed by atoms with van der Waals surface area (Å²) < 4.78 is 13.7. The third-order valence-electron chi connectivity index (χ3n) is 5.43. The lowest BCUT2D eigenvalue weighted by molar-refractivity contribution is 0.0613. The van der Waals surface area contributed by atoms with Crippen molar-refractivity contribution in [2.75, 3.05) is 13.2 Å². The molecule has 2 aliphatic rings. The molecule has 0 radical (unpaired) electrons. The molecule has 2 saturated heterocycles. The highest BCUT2D eigenvalue weighted by Gasteiger charge is 2.49. The van der Waals surface area contributed by atoms with Gasteiger partial charge in [0.05, 0.1) is 31.1 Å². The van der Waals surface area contributed by atoms with Crippen molar-refractivity contribution in [1.82, 2.24) is 25.3 Å². The number of carbonyl (C=O) groups excluding carboxylic acids is 1. The Balaban J connectivity index is 1.27. The highest BCUT2D eigenvalue weighted by Crippen LogP contribution is 2.34. The average Bonchev–Trinajstić information content (AvgIpc) is 3.46. The van der Waals surface area contributed by atoms with Crippen LogP contribution in [0.4, 0.5) is 0 Å². The first-order valence-corrected chi connectivity index (χ1v) is 9.63. The first kappa shape index (κ1) is 18.0. The van der Waals surface area contributed by atoms with E-state index in [1.54, 1.807) is 10.9 Å². The van der Waals surface area contributed by atoms with Gasteiger partial charge in [-0.25, -0.2) is 4.68 Å². The van der Waals surface area contributed by atoms with Crippen LogP contribution < -0.4 is 5.32 Å². The Labute approximate surface area is 167 Å². The van der Waals surface area contributed by atoms with Gasteiger partial charge in [0, 0.05) is 11.8 Å². The molecule has 0 bridgehead atoms. The van der Waals surface area contributed by atoms with Crippen molar-refractivity contribution in [3.8, 4) is 11.4 Å². The second-order valence-corrected chi connectivity index (χ2v) is 7.41. The lowest BCUT2D eigenvalue weighted by atomic mass is 10.1. The Morgan fingerprint density at radius 3 is 2.69 bits per heavy atom. The molecular formula is C21H21N5O3. The van der Waals surface area contributed by atoms with Gasteiger partial charge in [-0.1, -0.05) is 29.0 Å². The summed E-state index contributed by atoms with van der Waals surface area (Å²) in [5.41, 5.74) is 3.22. The fraction of sp³-hybridized carbons (Fsp3) is 0.333. The van der Waals surface area contributed by atoms with Gasteiger partial charge < -0.3 is 14.8 Å². The van der Waals surface area contributed by atoms with E-state index in [-0.39, 0.29) is 30.2 Å². The Morgan fingerprint density at radius 2 is 1.90 bits per heavy atom. The molecule has 0 aliphatic carbocycles. The quantitative estimate of drug-likeness (QED) is 0.729. The maximum atomic E-state index is 12.6. The number of fused-ring (bicyclic) bond motifs is 1. The van der Waals surface area contributed by atoms with Crippen LogP contribution in [0.15, 0.2) is 54.9 Å². The van der Waals surface area contributed by atoms with Gasteiger partial charge in [0.15, 0.2) is 0 Å². The smallest absolute Gasteiger partial charge is 0.251 e. The first-order valence-electron chi connectivity index (χ1n) is 9.63. The summed E-state index contributed by atoms with van der Waals surface area (Å²) in [4.78, 5) is 16.9. The minimum Gasteiger partial charge on any atom is -0.371 e. The van der Waals surface area contributed by atoms with Gasteiger partial charge >= 0.3 is 0 Å². The molecule has 1 amide bonds. The number of ether oxygens (including phenoxy) is 2. The second kappa shape index (κ2) is 7.38. The third-order valence-corrected chi connectivity index (χ3v) is 5.43. The lowest BCUT2D eigenvalue weighted by Gasteiger charge is -2.18. The highest BCUT2D eigenvalue weighted by molar-refractivity contribution is 5.94. The fourth-order valence-corrected chi connectivity index (χ4v) is 3.86. The molecule has 2 aromatic heterocycles. The summed E-state index contributed by atoms with van der Waals surface area (Å²) in [6, 6.07) is 12.9. The van der Waals surface area contributed by atoms with E-state index in [2.05, 4.69) is 20.6 Å². The second-order valence-electron chi connectivity index (χ2n) is 7.41. The zero-order valence-corrected chi connectivity index (χ0v) is 15.9. The third kappa shape index (κ3) is 3.41. The fourth-order valence-electron chi connectivity index (χ4n) is 3.86. The van der Waals surface area contributed by atoms with Crippen LogP contribution in [0.25, 0.3) is 11.4 Å². The van der Waals surface area contributed by atoms with E-state index >= 15 is 0 Å². The summed E-state index contributed by atoms with van der Waals surface area (Å²) in [5.74, 6) is -0.121. The van der Waals surface area contributed by atoms with Gasteiger partial charge in [-0.15, -0.1) is 5.10 Å². The van der Waals surface area contributed by atoms with E-state index in [9.17, 15) is 4.79 Å². The lowest BCUT2D eigenvalue weighted by Crippen LogP contribution is -2.44. The number of rotatable bonds is 4. The zero-order valence-electron chi connectivity index (χ0n) is 15.9. The van der Waals surface area contributed by atoms with Crippen LogP contribution in [0.2, 0.25) is 0 Å². The van der Waals surface area contributed by atoms with Crippen LogP contribution in [0.3, 0.4) is 0 Å². The maximum Gasteiger partial charge on any atom is 0.251 e. The minimum absolute atomic E-state index is 0.0914. The standard InChI is InChI=1S/C21H21N5O3/c1-13-5-7-14(8-6-13)21(27)23-17-11-28-20-18(12-29-19(17)20)26-10-16(24-25-26)15-4-2-3-9-22-15/h2-10,17-20H,11-12H2,1H3,(H,23,27)/t17-,18+,19-,20+/m1/s1. The predicted molar refractivity (Wildman–Crippen MR) is 104 cm³/mol. The van der Waals surface area contributed by atoms with Gasteiger partial charge in [0.25, 0.3) is 5.91 Å². The number of nitrogens with one attached hydrogen (secondary N) is 1. The molecule has 4 atom stereocenters. The summed E-state index contributed by atoms with van der Waals surface area (Å²) in [6.07, 6.45) is 3.19. The van der Waals surface area contributed by atoms with E-state index in [4.69, 9.17) is 9.47 Å². The van der Waals surface area contributed by atoms with Crippen molar-refractivity contribution in [1.29, 1.82) is 0 Å². The summed E-state index contributed by atoms with van der Waals surface area (Å²) in [7, 11) is 0. The number of hydrogen-bond donors (Lipinski definition) is 1. The Kier molecular flexibility index (Phi) is 4.57. The molecule has 1 N–H and O–H groups in total.